The molecule has 0 aliphatic carbocycles. The van der Waals surface area contributed by atoms with Gasteiger partial charge in [-0.25, -0.2) is 4.68 Å². The predicted molar refractivity (Wildman–Crippen MR) is 99.4 cm³/mol. The van der Waals surface area contributed by atoms with Gasteiger partial charge in [0.05, 0.1) is 23.5 Å². The summed E-state index contributed by atoms with van der Waals surface area (Å²) >= 11 is 0. The zero-order valence-corrected chi connectivity index (χ0v) is 15.0. The molecule has 4 aromatic rings. The molecule has 4 rings (SSSR count). The van der Waals surface area contributed by atoms with E-state index in [0.29, 0.717) is 23.3 Å². The van der Waals surface area contributed by atoms with E-state index in [0.717, 1.165) is 11.2 Å². The SMILES string of the molecule is CCc1nn(CC(=O)NC(C)c2ccccn2)c(=O)c2cc3occc3n12. The van der Waals surface area contributed by atoms with Crippen molar-refractivity contribution in [3.05, 3.63) is 64.7 Å². The molecular formula is C19H19N5O3. The number of rotatable bonds is 5. The highest BCUT2D eigenvalue weighted by Crippen LogP contribution is 2.20. The van der Waals surface area contributed by atoms with Gasteiger partial charge in [-0.3, -0.25) is 19.0 Å². The first kappa shape index (κ1) is 17.0. The molecule has 4 aromatic heterocycles. The van der Waals surface area contributed by atoms with Crippen LogP contribution in [0.15, 0.2) is 52.0 Å². The molecule has 0 aliphatic rings. The number of nitrogens with zero attached hydrogens (tertiary/aromatic N) is 4. The van der Waals surface area contributed by atoms with Crippen LogP contribution in [0.2, 0.25) is 0 Å². The van der Waals surface area contributed by atoms with Gasteiger partial charge >= 0.3 is 0 Å². The third kappa shape index (κ3) is 2.99. The number of nitrogens with one attached hydrogen (secondary N) is 1. The molecule has 0 radical (unpaired) electrons. The van der Waals surface area contributed by atoms with Gasteiger partial charge in [-0.15, -0.1) is 0 Å². The van der Waals surface area contributed by atoms with Crippen LogP contribution in [0.4, 0.5) is 0 Å². The van der Waals surface area contributed by atoms with Gasteiger partial charge in [0.1, 0.15) is 17.9 Å². The molecule has 0 spiro atoms. The summed E-state index contributed by atoms with van der Waals surface area (Å²) in [5.41, 5.74) is 2.28. The molecule has 1 N–H and O–H groups in total. The normalized spacial score (nSPS) is 12.5. The van der Waals surface area contributed by atoms with E-state index >= 15 is 0 Å². The zero-order valence-electron chi connectivity index (χ0n) is 15.0. The molecular weight excluding hydrogens is 346 g/mol. The number of furan rings is 1. The number of amides is 1. The molecule has 1 amide bonds. The number of hydrogen-bond acceptors (Lipinski definition) is 5. The zero-order chi connectivity index (χ0) is 19.0. The Bertz CT molecular complexity index is 1170. The topological polar surface area (TPSA) is 94.4 Å². The molecule has 0 saturated carbocycles. The molecule has 138 valence electrons. The van der Waals surface area contributed by atoms with Crippen LogP contribution >= 0.6 is 0 Å². The second-order valence-electron chi connectivity index (χ2n) is 6.31. The van der Waals surface area contributed by atoms with Crippen LogP contribution < -0.4 is 10.9 Å². The minimum absolute atomic E-state index is 0.161. The fourth-order valence-electron chi connectivity index (χ4n) is 3.19. The van der Waals surface area contributed by atoms with Gasteiger partial charge in [0.15, 0.2) is 5.58 Å². The lowest BCUT2D eigenvalue weighted by Crippen LogP contribution is -2.36. The van der Waals surface area contributed by atoms with E-state index in [9.17, 15) is 9.59 Å². The van der Waals surface area contributed by atoms with Crippen molar-refractivity contribution in [3.8, 4) is 0 Å². The Morgan fingerprint density at radius 3 is 2.89 bits per heavy atom. The lowest BCUT2D eigenvalue weighted by molar-refractivity contribution is -0.122. The minimum Gasteiger partial charge on any atom is -0.463 e. The molecule has 0 fully saturated rings. The van der Waals surface area contributed by atoms with E-state index in [1.165, 1.54) is 4.68 Å². The second-order valence-corrected chi connectivity index (χ2v) is 6.31. The van der Waals surface area contributed by atoms with Crippen LogP contribution in [-0.4, -0.2) is 25.1 Å². The second kappa shape index (κ2) is 6.71. The lowest BCUT2D eigenvalue weighted by Gasteiger charge is -2.14. The quantitative estimate of drug-likeness (QED) is 0.584. The number of fused-ring (bicyclic) bond motifs is 3. The van der Waals surface area contributed by atoms with Crippen LogP contribution in [0, 0.1) is 0 Å². The number of hydrogen-bond donors (Lipinski definition) is 1. The summed E-state index contributed by atoms with van der Waals surface area (Å²) in [6.45, 7) is 3.64. The summed E-state index contributed by atoms with van der Waals surface area (Å²) in [5, 5.41) is 7.24. The van der Waals surface area contributed by atoms with Gasteiger partial charge in [0.2, 0.25) is 5.91 Å². The predicted octanol–water partition coefficient (Wildman–Crippen LogP) is 2.08. The van der Waals surface area contributed by atoms with Gasteiger partial charge in [0, 0.05) is 24.8 Å². The van der Waals surface area contributed by atoms with Crippen molar-refractivity contribution in [1.82, 2.24) is 24.5 Å². The Labute approximate surface area is 154 Å². The van der Waals surface area contributed by atoms with Crippen molar-refractivity contribution < 1.29 is 9.21 Å². The Morgan fingerprint density at radius 2 is 2.15 bits per heavy atom. The highest BCUT2D eigenvalue weighted by molar-refractivity contribution is 5.82. The average Bonchev–Trinajstić information content (AvgIpc) is 3.26. The van der Waals surface area contributed by atoms with E-state index < -0.39 is 0 Å². The molecule has 27 heavy (non-hydrogen) atoms. The Kier molecular flexibility index (Phi) is 4.23. The first-order valence-corrected chi connectivity index (χ1v) is 8.77. The van der Waals surface area contributed by atoms with E-state index in [4.69, 9.17) is 4.42 Å². The Morgan fingerprint density at radius 1 is 1.30 bits per heavy atom. The fourth-order valence-corrected chi connectivity index (χ4v) is 3.19. The van der Waals surface area contributed by atoms with Crippen LogP contribution in [-0.2, 0) is 17.8 Å². The van der Waals surface area contributed by atoms with Crippen molar-refractivity contribution in [2.75, 3.05) is 0 Å². The fraction of sp³-hybridized carbons (Fsp3) is 0.263. The molecule has 0 aliphatic heterocycles. The highest BCUT2D eigenvalue weighted by Gasteiger charge is 2.17. The molecule has 0 saturated heterocycles. The monoisotopic (exact) mass is 365 g/mol. The third-order valence-electron chi connectivity index (χ3n) is 4.49. The maximum Gasteiger partial charge on any atom is 0.291 e. The van der Waals surface area contributed by atoms with Crippen LogP contribution in [0.25, 0.3) is 16.6 Å². The van der Waals surface area contributed by atoms with Gasteiger partial charge in [-0.1, -0.05) is 13.0 Å². The number of pyridine rings is 1. The molecule has 1 atom stereocenters. The van der Waals surface area contributed by atoms with E-state index in [1.54, 1.807) is 29.0 Å². The van der Waals surface area contributed by atoms with Crippen molar-refractivity contribution >= 4 is 22.5 Å². The maximum absolute atomic E-state index is 12.8. The summed E-state index contributed by atoms with van der Waals surface area (Å²) in [6.07, 6.45) is 3.86. The van der Waals surface area contributed by atoms with Crippen LogP contribution in [0.1, 0.15) is 31.4 Å². The Balaban J connectivity index is 1.64. The van der Waals surface area contributed by atoms with E-state index in [1.807, 2.05) is 32.0 Å². The standard InChI is InChI=1S/C19H19N5O3/c1-3-17-22-23(11-18(25)21-12(2)13-6-4-5-8-20-13)19(26)15-10-16-14(24(15)17)7-9-27-16/h4-10,12H,3,11H2,1-2H3,(H,21,25). The molecule has 4 heterocycles. The number of aryl methyl sites for hydroxylation is 1. The number of carbonyl (C=O) groups is 1. The van der Waals surface area contributed by atoms with Crippen molar-refractivity contribution in [2.45, 2.75) is 32.9 Å². The van der Waals surface area contributed by atoms with Gasteiger partial charge in [-0.2, -0.15) is 5.10 Å². The number of carbonyl (C=O) groups excluding carboxylic acids is 1. The summed E-state index contributed by atoms with van der Waals surface area (Å²) in [4.78, 5) is 29.5. The van der Waals surface area contributed by atoms with Gasteiger partial charge in [-0.05, 0) is 19.1 Å². The first-order valence-electron chi connectivity index (χ1n) is 8.77. The summed E-state index contributed by atoms with van der Waals surface area (Å²) in [7, 11) is 0. The van der Waals surface area contributed by atoms with Crippen LogP contribution in [0.3, 0.4) is 0 Å². The first-order chi connectivity index (χ1) is 13.1. The van der Waals surface area contributed by atoms with Crippen molar-refractivity contribution in [1.29, 1.82) is 0 Å². The van der Waals surface area contributed by atoms with Crippen LogP contribution in [0.5, 0.6) is 0 Å². The minimum atomic E-state index is -0.334. The van der Waals surface area contributed by atoms with E-state index in [-0.39, 0.29) is 24.1 Å². The number of aromatic nitrogens is 4. The van der Waals surface area contributed by atoms with E-state index in [2.05, 4.69) is 15.4 Å². The molecule has 0 bridgehead atoms. The lowest BCUT2D eigenvalue weighted by atomic mass is 10.2. The average molecular weight is 365 g/mol. The smallest absolute Gasteiger partial charge is 0.291 e. The summed E-state index contributed by atoms with van der Waals surface area (Å²) < 4.78 is 8.38. The third-order valence-corrected chi connectivity index (χ3v) is 4.49. The van der Waals surface area contributed by atoms with Gasteiger partial charge in [0.25, 0.3) is 5.56 Å². The summed E-state index contributed by atoms with van der Waals surface area (Å²) in [5.74, 6) is 0.385. The summed E-state index contributed by atoms with van der Waals surface area (Å²) in [6, 6.07) is 8.74. The molecule has 0 aromatic carbocycles. The Hall–Kier alpha value is -3.42. The van der Waals surface area contributed by atoms with Crippen molar-refractivity contribution in [2.24, 2.45) is 0 Å². The maximum atomic E-state index is 12.8. The van der Waals surface area contributed by atoms with Gasteiger partial charge < -0.3 is 9.73 Å². The molecule has 1 unspecified atom stereocenters. The highest BCUT2D eigenvalue weighted by atomic mass is 16.3. The van der Waals surface area contributed by atoms with Crippen molar-refractivity contribution in [3.63, 3.8) is 0 Å². The molecule has 8 nitrogen and oxygen atoms in total. The largest absolute Gasteiger partial charge is 0.463 e. The molecule has 8 heteroatoms.